The molecule has 0 bridgehead atoms. The smallest absolute Gasteiger partial charge is 0.416 e. The van der Waals surface area contributed by atoms with Gasteiger partial charge in [-0.05, 0) is 18.9 Å². The standard InChI is InChI=1S/C19H40O7P2/c1-2-3-4-5-6-7-8-9-10-11-12-13-14-15-16-17-18-26-28(24,25)19(20)27(21,22)23/h17-20H,2-16H2,1H3,(H,24,25)(H2,21,22,23). The molecular weight excluding hydrogens is 402 g/mol. The molecule has 0 spiro atoms. The average molecular weight is 442 g/mol. The molecule has 2 atom stereocenters. The van der Waals surface area contributed by atoms with E-state index in [1.165, 1.54) is 76.7 Å². The van der Waals surface area contributed by atoms with Crippen LogP contribution in [-0.4, -0.2) is 25.4 Å². The van der Waals surface area contributed by atoms with E-state index in [9.17, 15) is 14.0 Å². The first-order valence-corrected chi connectivity index (χ1v) is 13.9. The minimum absolute atomic E-state index is 0.643. The zero-order chi connectivity index (χ0) is 21.3. The Morgan fingerprint density at radius 3 is 1.54 bits per heavy atom. The van der Waals surface area contributed by atoms with Crippen molar-refractivity contribution in [1.82, 2.24) is 0 Å². The topological polar surface area (TPSA) is 124 Å². The predicted octanol–water partition coefficient (Wildman–Crippen LogP) is 6.03. The van der Waals surface area contributed by atoms with Crippen molar-refractivity contribution in [1.29, 1.82) is 0 Å². The van der Waals surface area contributed by atoms with Crippen molar-refractivity contribution < 1.29 is 33.4 Å². The number of aliphatic hydroxyl groups is 1. The van der Waals surface area contributed by atoms with E-state index in [1.54, 1.807) is 0 Å². The van der Waals surface area contributed by atoms with Crippen LogP contribution in [0.3, 0.4) is 0 Å². The Hall–Kier alpha value is -0.160. The first-order valence-electron chi connectivity index (χ1n) is 10.6. The van der Waals surface area contributed by atoms with Crippen LogP contribution in [0.4, 0.5) is 0 Å². The van der Waals surface area contributed by atoms with Crippen LogP contribution in [0.1, 0.15) is 103 Å². The first kappa shape index (κ1) is 27.8. The third-order valence-electron chi connectivity index (χ3n) is 4.63. The van der Waals surface area contributed by atoms with Gasteiger partial charge in [-0.25, -0.2) is 4.57 Å². The lowest BCUT2D eigenvalue weighted by molar-refractivity contribution is 0.215. The maximum Gasteiger partial charge on any atom is 0.416 e. The number of unbranched alkanes of at least 4 members (excludes halogenated alkanes) is 14. The molecule has 2 unspecified atom stereocenters. The molecule has 0 aliphatic carbocycles. The molecular formula is C19H40O7P2. The van der Waals surface area contributed by atoms with Crippen LogP contribution in [0.5, 0.6) is 0 Å². The second kappa shape index (κ2) is 16.6. The molecule has 0 saturated heterocycles. The fourth-order valence-electron chi connectivity index (χ4n) is 2.90. The van der Waals surface area contributed by atoms with Gasteiger partial charge in [0.1, 0.15) is 0 Å². The van der Waals surface area contributed by atoms with Gasteiger partial charge in [0.05, 0.1) is 6.26 Å². The summed E-state index contributed by atoms with van der Waals surface area (Å²) in [6, 6.07) is 0. The van der Waals surface area contributed by atoms with Gasteiger partial charge in [-0.3, -0.25) is 4.57 Å². The van der Waals surface area contributed by atoms with E-state index < -0.39 is 20.8 Å². The van der Waals surface area contributed by atoms with Crippen molar-refractivity contribution in [2.45, 2.75) is 109 Å². The minimum Gasteiger partial charge on any atom is -0.431 e. The molecule has 0 heterocycles. The van der Waals surface area contributed by atoms with Crippen molar-refractivity contribution in [3.05, 3.63) is 12.3 Å². The van der Waals surface area contributed by atoms with E-state index in [0.717, 1.165) is 25.5 Å². The lowest BCUT2D eigenvalue weighted by atomic mass is 10.0. The molecule has 28 heavy (non-hydrogen) atoms. The van der Waals surface area contributed by atoms with Gasteiger partial charge >= 0.3 is 15.2 Å². The van der Waals surface area contributed by atoms with Crippen LogP contribution < -0.4 is 0 Å². The lowest BCUT2D eigenvalue weighted by Gasteiger charge is -2.17. The normalized spacial score (nSPS) is 15.6. The van der Waals surface area contributed by atoms with Gasteiger partial charge in [-0.15, -0.1) is 0 Å². The van der Waals surface area contributed by atoms with E-state index >= 15 is 0 Å². The molecule has 4 N–H and O–H groups in total. The molecule has 0 radical (unpaired) electrons. The van der Waals surface area contributed by atoms with E-state index in [0.29, 0.717) is 6.42 Å². The fourth-order valence-corrected chi connectivity index (χ4v) is 4.95. The second-order valence-electron chi connectivity index (χ2n) is 7.36. The van der Waals surface area contributed by atoms with Gasteiger partial charge in [0.15, 0.2) is 0 Å². The highest BCUT2D eigenvalue weighted by molar-refractivity contribution is 7.70. The molecule has 0 aromatic heterocycles. The highest BCUT2D eigenvalue weighted by Crippen LogP contribution is 2.61. The van der Waals surface area contributed by atoms with Crippen molar-refractivity contribution in [3.8, 4) is 0 Å². The van der Waals surface area contributed by atoms with E-state index in [1.807, 2.05) is 0 Å². The third-order valence-corrected chi connectivity index (χ3v) is 8.01. The molecule has 0 fully saturated rings. The Bertz CT molecular complexity index is 491. The Kier molecular flexibility index (Phi) is 16.5. The van der Waals surface area contributed by atoms with Gasteiger partial charge in [-0.2, -0.15) is 0 Å². The summed E-state index contributed by atoms with van der Waals surface area (Å²) in [5.74, 6) is 0. The number of aliphatic hydroxyl groups excluding tert-OH is 1. The van der Waals surface area contributed by atoms with Crippen molar-refractivity contribution >= 4 is 15.2 Å². The van der Waals surface area contributed by atoms with Crippen molar-refractivity contribution in [3.63, 3.8) is 0 Å². The summed E-state index contributed by atoms with van der Waals surface area (Å²) in [7, 11) is -9.88. The van der Waals surface area contributed by atoms with Crippen LogP contribution in [0.25, 0.3) is 0 Å². The van der Waals surface area contributed by atoms with Crippen molar-refractivity contribution in [2.75, 3.05) is 0 Å². The molecule has 7 nitrogen and oxygen atoms in total. The summed E-state index contributed by atoms with van der Waals surface area (Å²) in [4.78, 5) is 26.7. The second-order valence-corrected chi connectivity index (χ2v) is 11.3. The Morgan fingerprint density at radius 2 is 1.14 bits per heavy atom. The SMILES string of the molecule is CCCCCCCCCCCCCCCCC=COP(=O)(O)C(O)P(=O)(O)O. The average Bonchev–Trinajstić information content (AvgIpc) is 2.62. The summed E-state index contributed by atoms with van der Waals surface area (Å²) in [5, 5.41) is 9.11. The molecule has 168 valence electrons. The summed E-state index contributed by atoms with van der Waals surface area (Å²) < 4.78 is 26.7. The Morgan fingerprint density at radius 1 is 0.750 bits per heavy atom. The van der Waals surface area contributed by atoms with Crippen LogP contribution in [-0.2, 0) is 13.7 Å². The molecule has 0 aliphatic rings. The summed E-state index contributed by atoms with van der Waals surface area (Å²) in [6.07, 6.45) is 20.9. The van der Waals surface area contributed by atoms with Gasteiger partial charge in [0, 0.05) is 0 Å². The molecule has 0 aromatic carbocycles. The number of rotatable bonds is 19. The summed E-state index contributed by atoms with van der Waals surface area (Å²) >= 11 is 0. The zero-order valence-corrected chi connectivity index (χ0v) is 19.0. The number of hydrogen-bond acceptors (Lipinski definition) is 4. The Balaban J connectivity index is 3.47. The van der Waals surface area contributed by atoms with Crippen LogP contribution in [0.15, 0.2) is 12.3 Å². The molecule has 9 heteroatoms. The quantitative estimate of drug-likeness (QED) is 0.109. The predicted molar refractivity (Wildman–Crippen MR) is 113 cm³/mol. The summed E-state index contributed by atoms with van der Waals surface area (Å²) in [5.41, 5.74) is -2.72. The highest BCUT2D eigenvalue weighted by Gasteiger charge is 2.44. The summed E-state index contributed by atoms with van der Waals surface area (Å²) in [6.45, 7) is 2.24. The largest absolute Gasteiger partial charge is 0.431 e. The van der Waals surface area contributed by atoms with Gasteiger partial charge in [-0.1, -0.05) is 90.4 Å². The fraction of sp³-hybridized carbons (Fsp3) is 0.895. The first-order chi connectivity index (χ1) is 13.2. The molecule has 0 saturated carbocycles. The van der Waals surface area contributed by atoms with E-state index in [4.69, 9.17) is 14.9 Å². The Labute approximate surface area is 170 Å². The third kappa shape index (κ3) is 15.7. The molecule has 0 aromatic rings. The van der Waals surface area contributed by atoms with Crippen LogP contribution in [0, 0.1) is 0 Å². The van der Waals surface area contributed by atoms with Gasteiger partial charge in [0.2, 0.25) is 0 Å². The number of hydrogen-bond donors (Lipinski definition) is 4. The van der Waals surface area contributed by atoms with Crippen LogP contribution >= 0.6 is 15.2 Å². The van der Waals surface area contributed by atoms with Crippen molar-refractivity contribution in [2.24, 2.45) is 0 Å². The molecule has 0 aliphatic heterocycles. The maximum atomic E-state index is 11.5. The zero-order valence-electron chi connectivity index (χ0n) is 17.2. The molecule has 0 rings (SSSR count). The minimum atomic E-state index is -5.09. The van der Waals surface area contributed by atoms with Gasteiger partial charge < -0.3 is 24.3 Å². The highest BCUT2D eigenvalue weighted by atomic mass is 31.2. The molecule has 0 amide bonds. The maximum absolute atomic E-state index is 11.5. The van der Waals surface area contributed by atoms with Crippen LogP contribution in [0.2, 0.25) is 0 Å². The number of allylic oxidation sites excluding steroid dienone is 1. The van der Waals surface area contributed by atoms with E-state index in [2.05, 4.69) is 11.4 Å². The lowest BCUT2D eigenvalue weighted by Crippen LogP contribution is -2.08. The van der Waals surface area contributed by atoms with E-state index in [-0.39, 0.29) is 0 Å². The monoisotopic (exact) mass is 442 g/mol. The van der Waals surface area contributed by atoms with Gasteiger partial charge in [0.25, 0.3) is 5.59 Å².